The first-order valence-corrected chi connectivity index (χ1v) is 5.94. The molecular weight excluding hydrogens is 234 g/mol. The van der Waals surface area contributed by atoms with E-state index in [0.717, 1.165) is 25.7 Å². The van der Waals surface area contributed by atoms with Crippen LogP contribution in [0.1, 0.15) is 31.5 Å². The fourth-order valence-electron chi connectivity index (χ4n) is 2.45. The molecule has 1 saturated carbocycles. The van der Waals surface area contributed by atoms with Crippen LogP contribution in [0.15, 0.2) is 10.7 Å². The van der Waals surface area contributed by atoms with Crippen LogP contribution in [0.3, 0.4) is 0 Å². The van der Waals surface area contributed by atoms with Crippen molar-refractivity contribution < 1.29 is 9.26 Å². The van der Waals surface area contributed by atoms with Crippen LogP contribution in [-0.2, 0) is 10.3 Å². The van der Waals surface area contributed by atoms with E-state index in [2.05, 4.69) is 20.3 Å². The minimum Gasteiger partial charge on any atom is -0.383 e. The van der Waals surface area contributed by atoms with Gasteiger partial charge in [0, 0.05) is 7.11 Å². The Morgan fingerprint density at radius 2 is 2.22 bits per heavy atom. The summed E-state index contributed by atoms with van der Waals surface area (Å²) in [5, 5.41) is 10.5. The predicted octanol–water partition coefficient (Wildman–Crippen LogP) is 1.46. The number of nitrogen functional groups attached to an aromatic ring is 1. The molecule has 1 fully saturated rings. The topological polar surface area (TPSA) is 103 Å². The molecule has 7 heteroatoms. The molecule has 0 bridgehead atoms. The number of nitrogens with two attached hydrogens (primary N) is 1. The van der Waals surface area contributed by atoms with Gasteiger partial charge < -0.3 is 15.0 Å². The number of nitrogens with zero attached hydrogens (tertiary/aromatic N) is 3. The van der Waals surface area contributed by atoms with E-state index in [4.69, 9.17) is 15.0 Å². The van der Waals surface area contributed by atoms with Gasteiger partial charge in [0.25, 0.3) is 5.89 Å². The fraction of sp³-hybridized carbons (Fsp3) is 0.545. The largest absolute Gasteiger partial charge is 0.383 e. The molecular formula is C11H15N5O2. The van der Waals surface area contributed by atoms with Crippen LogP contribution in [0.2, 0.25) is 0 Å². The molecule has 2 aromatic rings. The predicted molar refractivity (Wildman–Crippen MR) is 63.4 cm³/mol. The summed E-state index contributed by atoms with van der Waals surface area (Å²) in [5.74, 6) is 1.39. The number of rotatable bonds is 3. The zero-order chi connectivity index (χ0) is 12.6. The van der Waals surface area contributed by atoms with Crippen LogP contribution < -0.4 is 5.73 Å². The number of hydrogen-bond donors (Lipinski definition) is 2. The van der Waals surface area contributed by atoms with Gasteiger partial charge >= 0.3 is 0 Å². The molecule has 96 valence electrons. The number of nitrogens with one attached hydrogen (secondary N) is 1. The van der Waals surface area contributed by atoms with Gasteiger partial charge in [-0.3, -0.25) is 5.10 Å². The van der Waals surface area contributed by atoms with Gasteiger partial charge in [-0.15, -0.1) is 0 Å². The minimum absolute atomic E-state index is 0.375. The second-order valence-electron chi connectivity index (χ2n) is 4.53. The van der Waals surface area contributed by atoms with Gasteiger partial charge in [-0.1, -0.05) is 5.16 Å². The maximum atomic E-state index is 5.72. The van der Waals surface area contributed by atoms with Crippen LogP contribution in [0.4, 0.5) is 5.82 Å². The number of H-pyrrole nitrogens is 1. The minimum atomic E-state index is -0.403. The molecule has 0 spiro atoms. The summed E-state index contributed by atoms with van der Waals surface area (Å²) in [4.78, 5) is 4.40. The van der Waals surface area contributed by atoms with Crippen LogP contribution in [-0.4, -0.2) is 27.4 Å². The van der Waals surface area contributed by atoms with E-state index in [1.54, 1.807) is 13.3 Å². The molecule has 2 aromatic heterocycles. The highest BCUT2D eigenvalue weighted by molar-refractivity contribution is 5.65. The van der Waals surface area contributed by atoms with Crippen molar-refractivity contribution in [2.45, 2.75) is 31.3 Å². The molecule has 0 aliphatic heterocycles. The third-order valence-corrected chi connectivity index (χ3v) is 3.53. The number of ether oxygens (including phenoxy) is 1. The number of anilines is 1. The second kappa shape index (κ2) is 4.09. The third-order valence-electron chi connectivity index (χ3n) is 3.53. The summed E-state index contributed by atoms with van der Waals surface area (Å²) in [7, 11) is 1.69. The zero-order valence-electron chi connectivity index (χ0n) is 10.1. The highest BCUT2D eigenvalue weighted by Crippen LogP contribution is 2.40. The summed E-state index contributed by atoms with van der Waals surface area (Å²) in [6, 6.07) is 0. The van der Waals surface area contributed by atoms with Crippen LogP contribution >= 0.6 is 0 Å². The Balaban J connectivity index is 1.96. The van der Waals surface area contributed by atoms with E-state index in [9.17, 15) is 0 Å². The molecule has 3 N–H and O–H groups in total. The van der Waals surface area contributed by atoms with Crippen molar-refractivity contribution in [2.75, 3.05) is 12.8 Å². The quantitative estimate of drug-likeness (QED) is 0.853. The summed E-state index contributed by atoms with van der Waals surface area (Å²) in [6.45, 7) is 0. The average molecular weight is 249 g/mol. The molecule has 0 aromatic carbocycles. The first kappa shape index (κ1) is 11.2. The van der Waals surface area contributed by atoms with E-state index in [1.165, 1.54) is 0 Å². The SMILES string of the molecule is COC1(c2noc(-c3cn[nH]c3N)n2)CCCC1. The van der Waals surface area contributed by atoms with Crippen molar-refractivity contribution in [3.05, 3.63) is 12.0 Å². The van der Waals surface area contributed by atoms with E-state index in [1.807, 2.05) is 0 Å². The van der Waals surface area contributed by atoms with Gasteiger partial charge in [0.05, 0.1) is 6.20 Å². The maximum absolute atomic E-state index is 5.72. The molecule has 1 aliphatic carbocycles. The highest BCUT2D eigenvalue weighted by atomic mass is 16.5. The highest BCUT2D eigenvalue weighted by Gasteiger charge is 2.40. The van der Waals surface area contributed by atoms with Gasteiger partial charge in [-0.05, 0) is 25.7 Å². The Bertz CT molecular complexity index is 541. The van der Waals surface area contributed by atoms with Gasteiger partial charge in [-0.25, -0.2) is 0 Å². The lowest BCUT2D eigenvalue weighted by Crippen LogP contribution is -2.25. The summed E-state index contributed by atoms with van der Waals surface area (Å²) < 4.78 is 10.9. The summed E-state index contributed by atoms with van der Waals surface area (Å²) in [5.41, 5.74) is 5.94. The lowest BCUT2D eigenvalue weighted by Gasteiger charge is -2.22. The van der Waals surface area contributed by atoms with Crippen molar-refractivity contribution >= 4 is 5.82 Å². The van der Waals surface area contributed by atoms with E-state index in [-0.39, 0.29) is 0 Å². The monoisotopic (exact) mass is 249 g/mol. The number of methoxy groups -OCH3 is 1. The van der Waals surface area contributed by atoms with Gasteiger partial charge in [-0.2, -0.15) is 10.1 Å². The molecule has 2 heterocycles. The van der Waals surface area contributed by atoms with Crippen molar-refractivity contribution in [3.63, 3.8) is 0 Å². The van der Waals surface area contributed by atoms with Crippen molar-refractivity contribution in [1.29, 1.82) is 0 Å². The summed E-state index contributed by atoms with van der Waals surface area (Å²) >= 11 is 0. The Hall–Kier alpha value is -1.89. The van der Waals surface area contributed by atoms with Crippen molar-refractivity contribution in [2.24, 2.45) is 0 Å². The Kier molecular flexibility index (Phi) is 2.55. The zero-order valence-corrected chi connectivity index (χ0v) is 10.1. The van der Waals surface area contributed by atoms with E-state index in [0.29, 0.717) is 23.1 Å². The van der Waals surface area contributed by atoms with Gasteiger partial charge in [0.15, 0.2) is 0 Å². The molecule has 7 nitrogen and oxygen atoms in total. The van der Waals surface area contributed by atoms with Crippen LogP contribution in [0.25, 0.3) is 11.5 Å². The van der Waals surface area contributed by atoms with E-state index < -0.39 is 5.60 Å². The smallest absolute Gasteiger partial charge is 0.263 e. The molecule has 1 aliphatic rings. The van der Waals surface area contributed by atoms with Gasteiger partial charge in [0.1, 0.15) is 17.0 Å². The number of aromatic nitrogens is 4. The number of hydrogen-bond acceptors (Lipinski definition) is 6. The normalized spacial score (nSPS) is 18.3. The molecule has 0 unspecified atom stereocenters. The molecule has 0 amide bonds. The number of aromatic amines is 1. The lowest BCUT2D eigenvalue weighted by molar-refractivity contribution is -0.0178. The molecule has 18 heavy (non-hydrogen) atoms. The van der Waals surface area contributed by atoms with Crippen molar-refractivity contribution in [3.8, 4) is 11.5 Å². The van der Waals surface area contributed by atoms with Crippen LogP contribution in [0, 0.1) is 0 Å². The van der Waals surface area contributed by atoms with Crippen LogP contribution in [0.5, 0.6) is 0 Å². The second-order valence-corrected chi connectivity index (χ2v) is 4.53. The van der Waals surface area contributed by atoms with E-state index >= 15 is 0 Å². The third kappa shape index (κ3) is 1.59. The standard InChI is InChI=1S/C11H15N5O2/c1-17-11(4-2-3-5-11)10-14-9(18-16-10)7-6-13-15-8(7)12/h6H,2-5H2,1H3,(H3,12,13,15). The Morgan fingerprint density at radius 3 is 2.83 bits per heavy atom. The first-order valence-electron chi connectivity index (χ1n) is 5.94. The van der Waals surface area contributed by atoms with Crippen molar-refractivity contribution in [1.82, 2.24) is 20.3 Å². The lowest BCUT2D eigenvalue weighted by atomic mass is 10.0. The Labute approximate surface area is 104 Å². The average Bonchev–Trinajstić information content (AvgIpc) is 3.08. The first-order chi connectivity index (χ1) is 8.75. The summed E-state index contributed by atoms with van der Waals surface area (Å²) in [6.07, 6.45) is 5.64. The molecule has 0 saturated heterocycles. The fourth-order valence-corrected chi connectivity index (χ4v) is 2.45. The van der Waals surface area contributed by atoms with Gasteiger partial charge in [0.2, 0.25) is 5.82 Å². The maximum Gasteiger partial charge on any atom is 0.263 e. The molecule has 0 atom stereocenters. The Morgan fingerprint density at radius 1 is 1.44 bits per heavy atom. The molecule has 0 radical (unpaired) electrons. The molecule has 3 rings (SSSR count).